The molecule has 0 bridgehead atoms. The maximum Gasteiger partial charge on any atom is 0.318 e. The smallest absolute Gasteiger partial charge is 0.318 e. The number of hydrogen-bond donors (Lipinski definition) is 1. The van der Waals surface area contributed by atoms with Gasteiger partial charge in [0.2, 0.25) is 0 Å². The second-order valence-corrected chi connectivity index (χ2v) is 5.00. The van der Waals surface area contributed by atoms with Crippen LogP contribution in [0.1, 0.15) is 46.5 Å². The van der Waals surface area contributed by atoms with E-state index in [4.69, 9.17) is 0 Å². The molecule has 0 aromatic carbocycles. The fraction of sp³-hybridized carbons (Fsp3) is 0.846. The molecular weight excluding hydrogens is 214 g/mol. The SMILES string of the molecule is CCC(C#N)(CC)NC(=O)N1CCC(C)CC1. The average molecular weight is 237 g/mol. The van der Waals surface area contributed by atoms with Gasteiger partial charge in [0.15, 0.2) is 0 Å². The fourth-order valence-corrected chi connectivity index (χ4v) is 2.11. The van der Waals surface area contributed by atoms with Crippen LogP contribution in [0.3, 0.4) is 0 Å². The number of nitrogens with zero attached hydrogens (tertiary/aromatic N) is 2. The molecule has 1 heterocycles. The molecule has 0 saturated carbocycles. The topological polar surface area (TPSA) is 56.1 Å². The molecule has 0 atom stereocenters. The lowest BCUT2D eigenvalue weighted by Crippen LogP contribution is -2.53. The molecule has 0 unspecified atom stereocenters. The number of piperidine rings is 1. The van der Waals surface area contributed by atoms with Crippen LogP contribution in [0.25, 0.3) is 0 Å². The van der Waals surface area contributed by atoms with Crippen LogP contribution >= 0.6 is 0 Å². The van der Waals surface area contributed by atoms with Crippen molar-refractivity contribution in [2.75, 3.05) is 13.1 Å². The molecule has 2 amide bonds. The zero-order chi connectivity index (χ0) is 12.9. The highest BCUT2D eigenvalue weighted by atomic mass is 16.2. The Hall–Kier alpha value is -1.24. The van der Waals surface area contributed by atoms with Gasteiger partial charge in [-0.2, -0.15) is 5.26 Å². The summed E-state index contributed by atoms with van der Waals surface area (Å²) in [6.07, 6.45) is 3.42. The number of nitrogens with one attached hydrogen (secondary N) is 1. The summed E-state index contributed by atoms with van der Waals surface area (Å²) in [5, 5.41) is 12.1. The molecule has 4 nitrogen and oxygen atoms in total. The van der Waals surface area contributed by atoms with Crippen LogP contribution in [0.5, 0.6) is 0 Å². The third-order valence-corrected chi connectivity index (χ3v) is 3.84. The third-order valence-electron chi connectivity index (χ3n) is 3.84. The first-order chi connectivity index (χ1) is 8.06. The number of amides is 2. The number of carbonyl (C=O) groups is 1. The van der Waals surface area contributed by atoms with Gasteiger partial charge in [-0.15, -0.1) is 0 Å². The quantitative estimate of drug-likeness (QED) is 0.820. The van der Waals surface area contributed by atoms with Crippen molar-refractivity contribution in [1.82, 2.24) is 10.2 Å². The molecule has 1 aliphatic heterocycles. The first-order valence-electron chi connectivity index (χ1n) is 6.55. The summed E-state index contributed by atoms with van der Waals surface area (Å²) in [7, 11) is 0. The number of urea groups is 1. The van der Waals surface area contributed by atoms with E-state index in [1.807, 2.05) is 18.7 Å². The Kier molecular flexibility index (Phi) is 4.80. The van der Waals surface area contributed by atoms with Gasteiger partial charge in [0.05, 0.1) is 6.07 Å². The van der Waals surface area contributed by atoms with E-state index >= 15 is 0 Å². The normalized spacial score (nSPS) is 17.6. The monoisotopic (exact) mass is 237 g/mol. The van der Waals surface area contributed by atoms with Crippen LogP contribution in [0.4, 0.5) is 4.79 Å². The molecule has 0 radical (unpaired) electrons. The van der Waals surface area contributed by atoms with Crippen LogP contribution < -0.4 is 5.32 Å². The predicted octanol–water partition coefficient (Wildman–Crippen LogP) is 2.51. The lowest BCUT2D eigenvalue weighted by Gasteiger charge is -2.34. The highest BCUT2D eigenvalue weighted by Gasteiger charge is 2.30. The van der Waals surface area contributed by atoms with Crippen molar-refractivity contribution in [3.8, 4) is 6.07 Å². The molecular formula is C13H23N3O. The summed E-state index contributed by atoms with van der Waals surface area (Å²) in [5.41, 5.74) is -0.694. The van der Waals surface area contributed by atoms with Crippen molar-refractivity contribution in [2.45, 2.75) is 52.0 Å². The van der Waals surface area contributed by atoms with Crippen molar-refractivity contribution in [3.05, 3.63) is 0 Å². The van der Waals surface area contributed by atoms with Crippen molar-refractivity contribution in [2.24, 2.45) is 5.92 Å². The van der Waals surface area contributed by atoms with Crippen LogP contribution in [0.2, 0.25) is 0 Å². The Bertz CT molecular complexity index is 296. The zero-order valence-corrected chi connectivity index (χ0v) is 11.1. The maximum absolute atomic E-state index is 12.1. The Labute approximate surface area is 104 Å². The molecule has 1 aliphatic rings. The van der Waals surface area contributed by atoms with Gasteiger partial charge < -0.3 is 10.2 Å². The molecule has 0 spiro atoms. The zero-order valence-electron chi connectivity index (χ0n) is 11.1. The van der Waals surface area contributed by atoms with E-state index in [1.165, 1.54) is 0 Å². The predicted molar refractivity (Wildman–Crippen MR) is 67.4 cm³/mol. The Morgan fingerprint density at radius 3 is 2.35 bits per heavy atom. The molecule has 1 N–H and O–H groups in total. The highest BCUT2D eigenvalue weighted by Crippen LogP contribution is 2.18. The fourth-order valence-electron chi connectivity index (χ4n) is 2.11. The first kappa shape index (κ1) is 13.8. The average Bonchev–Trinajstić information content (AvgIpc) is 2.37. The second-order valence-electron chi connectivity index (χ2n) is 5.00. The lowest BCUT2D eigenvalue weighted by molar-refractivity contribution is 0.165. The highest BCUT2D eigenvalue weighted by molar-refractivity contribution is 5.75. The Morgan fingerprint density at radius 1 is 1.41 bits per heavy atom. The summed E-state index contributed by atoms with van der Waals surface area (Å²) < 4.78 is 0. The van der Waals surface area contributed by atoms with Gasteiger partial charge in [0, 0.05) is 13.1 Å². The van der Waals surface area contributed by atoms with E-state index in [0.29, 0.717) is 18.8 Å². The number of rotatable bonds is 3. The van der Waals surface area contributed by atoms with Crippen molar-refractivity contribution < 1.29 is 4.79 Å². The molecule has 4 heteroatoms. The molecule has 0 aliphatic carbocycles. The van der Waals surface area contributed by atoms with E-state index in [1.54, 1.807) is 0 Å². The summed E-state index contributed by atoms with van der Waals surface area (Å²) in [4.78, 5) is 13.9. The van der Waals surface area contributed by atoms with Crippen LogP contribution in [-0.2, 0) is 0 Å². The molecule has 0 aromatic rings. The summed E-state index contributed by atoms with van der Waals surface area (Å²) in [6, 6.07) is 2.15. The van der Waals surface area contributed by atoms with Gasteiger partial charge in [-0.25, -0.2) is 4.79 Å². The number of carbonyl (C=O) groups excluding carboxylic acids is 1. The molecule has 96 valence electrons. The summed E-state index contributed by atoms with van der Waals surface area (Å²) in [5.74, 6) is 0.706. The van der Waals surface area contributed by atoms with Crippen molar-refractivity contribution >= 4 is 6.03 Å². The largest absolute Gasteiger partial charge is 0.325 e. The van der Waals surface area contributed by atoms with Crippen molar-refractivity contribution in [3.63, 3.8) is 0 Å². The summed E-state index contributed by atoms with van der Waals surface area (Å²) in [6.45, 7) is 7.70. The minimum atomic E-state index is -0.694. The van der Waals surface area contributed by atoms with Gasteiger partial charge in [0.25, 0.3) is 0 Å². The van der Waals surface area contributed by atoms with Crippen LogP contribution in [0.15, 0.2) is 0 Å². The lowest BCUT2D eigenvalue weighted by atomic mass is 9.95. The van der Waals surface area contributed by atoms with E-state index < -0.39 is 5.54 Å². The molecule has 1 rings (SSSR count). The molecule has 1 saturated heterocycles. The second kappa shape index (κ2) is 5.90. The first-order valence-corrected chi connectivity index (χ1v) is 6.55. The van der Waals surface area contributed by atoms with E-state index in [9.17, 15) is 10.1 Å². The minimum Gasteiger partial charge on any atom is -0.325 e. The number of likely N-dealkylation sites (tertiary alicyclic amines) is 1. The minimum absolute atomic E-state index is 0.0813. The number of hydrogen-bond acceptors (Lipinski definition) is 2. The standard InChI is InChI=1S/C13H23N3O/c1-4-13(5-2,10-14)15-12(17)16-8-6-11(3)7-9-16/h11H,4-9H2,1-3H3,(H,15,17). The Balaban J connectivity index is 2.57. The summed E-state index contributed by atoms with van der Waals surface area (Å²) >= 11 is 0. The maximum atomic E-state index is 12.1. The molecule has 1 fully saturated rings. The van der Waals surface area contributed by atoms with E-state index in [0.717, 1.165) is 25.9 Å². The number of nitriles is 1. The van der Waals surface area contributed by atoms with E-state index in [2.05, 4.69) is 18.3 Å². The molecule has 17 heavy (non-hydrogen) atoms. The van der Waals surface area contributed by atoms with Gasteiger partial charge in [-0.3, -0.25) is 0 Å². The van der Waals surface area contributed by atoms with Gasteiger partial charge >= 0.3 is 6.03 Å². The Morgan fingerprint density at radius 2 is 1.94 bits per heavy atom. The van der Waals surface area contributed by atoms with E-state index in [-0.39, 0.29) is 6.03 Å². The van der Waals surface area contributed by atoms with Crippen molar-refractivity contribution in [1.29, 1.82) is 5.26 Å². The van der Waals surface area contributed by atoms with Crippen LogP contribution in [0, 0.1) is 17.2 Å². The molecule has 0 aromatic heterocycles. The van der Waals surface area contributed by atoms with Gasteiger partial charge in [-0.05, 0) is 31.6 Å². The van der Waals surface area contributed by atoms with Gasteiger partial charge in [-0.1, -0.05) is 20.8 Å². The van der Waals surface area contributed by atoms with Gasteiger partial charge in [0.1, 0.15) is 5.54 Å². The third kappa shape index (κ3) is 3.36. The van der Waals surface area contributed by atoms with Crippen LogP contribution in [-0.4, -0.2) is 29.6 Å².